The molecule has 9 aromatic carbocycles. The van der Waals surface area contributed by atoms with E-state index in [1.165, 1.54) is 27.1 Å². The van der Waals surface area contributed by atoms with Crippen molar-refractivity contribution in [3.63, 3.8) is 0 Å². The fraction of sp³-hybridized carbons (Fsp3) is 0. The molecule has 0 saturated carbocycles. The second-order valence-electron chi connectivity index (χ2n) is 15.6. The number of benzene rings is 9. The highest BCUT2D eigenvalue weighted by Crippen LogP contribution is 2.45. The van der Waals surface area contributed by atoms with Gasteiger partial charge in [0, 0.05) is 49.1 Å². The Hall–Kier alpha value is -8.35. The van der Waals surface area contributed by atoms with Gasteiger partial charge in [0.05, 0.1) is 33.3 Å². The predicted octanol–water partition coefficient (Wildman–Crippen LogP) is 14.1. The molecule has 0 atom stereocenters. The van der Waals surface area contributed by atoms with Crippen molar-refractivity contribution < 1.29 is 4.42 Å². The lowest BCUT2D eigenvalue weighted by molar-refractivity contribution is 0.667. The highest BCUT2D eigenvalue weighted by atomic mass is 16.3. The van der Waals surface area contributed by atoms with Crippen LogP contribution in [0, 0.1) is 0 Å². The van der Waals surface area contributed by atoms with E-state index >= 15 is 0 Å². The van der Waals surface area contributed by atoms with E-state index < -0.39 is 0 Å². The molecule has 0 aliphatic heterocycles. The van der Waals surface area contributed by atoms with Gasteiger partial charge in [-0.2, -0.15) is 0 Å². The Morgan fingerprint density at radius 3 is 1.54 bits per heavy atom. The summed E-state index contributed by atoms with van der Waals surface area (Å²) in [5.41, 5.74) is 10.8. The summed E-state index contributed by atoms with van der Waals surface area (Å²) >= 11 is 0. The minimum Gasteiger partial charge on any atom is -0.453 e. The van der Waals surface area contributed by atoms with E-state index in [9.17, 15) is 0 Å². The van der Waals surface area contributed by atoms with E-state index in [-0.39, 0.29) is 0 Å². The number of nitrogens with zero attached hydrogens (tertiary/aromatic N) is 5. The molecule has 0 aliphatic rings. The van der Waals surface area contributed by atoms with Crippen molar-refractivity contribution in [2.24, 2.45) is 0 Å². The zero-order valence-electron chi connectivity index (χ0n) is 32.7. The molecule has 0 spiro atoms. The third-order valence-electron chi connectivity index (χ3n) is 12.1. The highest BCUT2D eigenvalue weighted by Gasteiger charge is 2.24. The maximum Gasteiger partial charge on any atom is 0.167 e. The van der Waals surface area contributed by atoms with Crippen molar-refractivity contribution >= 4 is 76.3 Å². The van der Waals surface area contributed by atoms with Crippen LogP contribution in [0.15, 0.2) is 205 Å². The van der Waals surface area contributed by atoms with Crippen molar-refractivity contribution in [2.75, 3.05) is 0 Å². The van der Waals surface area contributed by atoms with Gasteiger partial charge >= 0.3 is 0 Å². The Morgan fingerprint density at radius 2 is 0.869 bits per heavy atom. The molecule has 4 aromatic heterocycles. The molecule has 6 heteroatoms. The number of hydrogen-bond donors (Lipinski definition) is 0. The fourth-order valence-electron chi connectivity index (χ4n) is 9.45. The van der Waals surface area contributed by atoms with E-state index in [0.29, 0.717) is 17.5 Å². The van der Waals surface area contributed by atoms with E-state index in [4.69, 9.17) is 19.4 Å². The van der Waals surface area contributed by atoms with Gasteiger partial charge in [-0.1, -0.05) is 152 Å². The van der Waals surface area contributed by atoms with Crippen LogP contribution in [0.3, 0.4) is 0 Å². The highest BCUT2D eigenvalue weighted by molar-refractivity contribution is 6.24. The standard InChI is InChI=1S/C55H33N5O/c1-4-17-34(18-5-1)53-56-54(35-19-6-2-7-20-35)58-55(57-53)44-31-36-21-10-11-24-38(36)50-41-27-16-30-47(51(41)61-52(44)50)60-46-29-15-13-26-40(46)43-32-42-39-25-12-14-28-45(39)59(48(42)33-49(43)60)37-22-8-3-9-23-37/h1-33H. The number of furan rings is 1. The van der Waals surface area contributed by atoms with E-state index in [2.05, 4.69) is 149 Å². The molecule has 4 heterocycles. The van der Waals surface area contributed by atoms with Crippen LogP contribution in [0.25, 0.3) is 122 Å². The third-order valence-corrected chi connectivity index (χ3v) is 12.1. The largest absolute Gasteiger partial charge is 0.453 e. The van der Waals surface area contributed by atoms with E-state index in [0.717, 1.165) is 77.3 Å². The van der Waals surface area contributed by atoms with Gasteiger partial charge in [0.2, 0.25) is 0 Å². The monoisotopic (exact) mass is 779 g/mol. The summed E-state index contributed by atoms with van der Waals surface area (Å²) in [6.45, 7) is 0. The van der Waals surface area contributed by atoms with Crippen LogP contribution in [0.4, 0.5) is 0 Å². The van der Waals surface area contributed by atoms with Crippen LogP contribution in [0.5, 0.6) is 0 Å². The van der Waals surface area contributed by atoms with Gasteiger partial charge in [-0.15, -0.1) is 0 Å². The van der Waals surface area contributed by atoms with Crippen molar-refractivity contribution in [1.29, 1.82) is 0 Å². The lowest BCUT2D eigenvalue weighted by atomic mass is 9.99. The molecule has 284 valence electrons. The summed E-state index contributed by atoms with van der Waals surface area (Å²) in [4.78, 5) is 15.3. The first kappa shape index (κ1) is 33.6. The Bertz CT molecular complexity index is 3810. The molecule has 0 amide bonds. The average Bonchev–Trinajstić information content (AvgIpc) is 3.99. The lowest BCUT2D eigenvalue weighted by Crippen LogP contribution is -2.00. The van der Waals surface area contributed by atoms with Crippen LogP contribution >= 0.6 is 0 Å². The maximum atomic E-state index is 7.29. The maximum absolute atomic E-state index is 7.29. The number of hydrogen-bond acceptors (Lipinski definition) is 4. The first-order chi connectivity index (χ1) is 30.3. The molecular weight excluding hydrogens is 747 g/mol. The van der Waals surface area contributed by atoms with Gasteiger partial charge in [-0.05, 0) is 59.3 Å². The Kier molecular flexibility index (Phi) is 7.21. The molecule has 0 unspecified atom stereocenters. The van der Waals surface area contributed by atoms with E-state index in [1.54, 1.807) is 0 Å². The minimum atomic E-state index is 0.553. The van der Waals surface area contributed by atoms with Crippen LogP contribution in [0.1, 0.15) is 0 Å². The van der Waals surface area contributed by atoms with Crippen molar-refractivity contribution in [3.8, 4) is 45.5 Å². The minimum absolute atomic E-state index is 0.553. The number of para-hydroxylation sites is 4. The number of rotatable bonds is 5. The quantitative estimate of drug-likeness (QED) is 0.175. The topological polar surface area (TPSA) is 61.7 Å². The summed E-state index contributed by atoms with van der Waals surface area (Å²) in [6.07, 6.45) is 0. The second-order valence-corrected chi connectivity index (χ2v) is 15.6. The van der Waals surface area contributed by atoms with Crippen LogP contribution in [-0.2, 0) is 0 Å². The number of fused-ring (bicyclic) bond motifs is 11. The predicted molar refractivity (Wildman–Crippen MR) is 250 cm³/mol. The van der Waals surface area contributed by atoms with Crippen molar-refractivity contribution in [3.05, 3.63) is 200 Å². The summed E-state index contributed by atoms with van der Waals surface area (Å²) < 4.78 is 12.1. The molecule has 61 heavy (non-hydrogen) atoms. The van der Waals surface area contributed by atoms with Crippen LogP contribution in [-0.4, -0.2) is 24.1 Å². The molecule has 0 N–H and O–H groups in total. The summed E-state index contributed by atoms with van der Waals surface area (Å²) in [7, 11) is 0. The van der Waals surface area contributed by atoms with Crippen LogP contribution in [0.2, 0.25) is 0 Å². The van der Waals surface area contributed by atoms with Gasteiger partial charge in [0.15, 0.2) is 23.1 Å². The zero-order chi connectivity index (χ0) is 40.0. The molecule has 6 nitrogen and oxygen atoms in total. The molecule has 0 aliphatic carbocycles. The lowest BCUT2D eigenvalue weighted by Gasteiger charge is -2.10. The molecule has 0 bridgehead atoms. The normalized spacial score (nSPS) is 11.9. The van der Waals surface area contributed by atoms with Gasteiger partial charge in [0.25, 0.3) is 0 Å². The molecular formula is C55H33N5O. The molecule has 0 fully saturated rings. The Balaban J connectivity index is 1.13. The Morgan fingerprint density at radius 1 is 0.344 bits per heavy atom. The summed E-state index contributed by atoms with van der Waals surface area (Å²) in [5, 5.41) is 9.05. The van der Waals surface area contributed by atoms with Gasteiger partial charge in [-0.3, -0.25) is 0 Å². The van der Waals surface area contributed by atoms with Gasteiger partial charge in [-0.25, -0.2) is 15.0 Å². The second kappa shape index (κ2) is 13.1. The first-order valence-corrected chi connectivity index (χ1v) is 20.5. The third kappa shape index (κ3) is 5.06. The van der Waals surface area contributed by atoms with Gasteiger partial charge in [0.1, 0.15) is 5.58 Å². The average molecular weight is 780 g/mol. The SMILES string of the molecule is c1ccc(-c2nc(-c3ccccc3)nc(-c3cc4ccccc4c4c3oc3c(-n5c6ccccc6c6cc7c8ccccc8n(-c8ccccc8)c7cc65)cccc34)n2)cc1. The van der Waals surface area contributed by atoms with Crippen molar-refractivity contribution in [2.45, 2.75) is 0 Å². The smallest absolute Gasteiger partial charge is 0.167 e. The molecule has 13 aromatic rings. The first-order valence-electron chi connectivity index (χ1n) is 20.5. The molecule has 0 radical (unpaired) electrons. The fourth-order valence-corrected chi connectivity index (χ4v) is 9.45. The zero-order valence-corrected chi connectivity index (χ0v) is 32.7. The molecule has 0 saturated heterocycles. The van der Waals surface area contributed by atoms with Crippen molar-refractivity contribution in [1.82, 2.24) is 24.1 Å². The van der Waals surface area contributed by atoms with Gasteiger partial charge < -0.3 is 13.6 Å². The number of aromatic nitrogens is 5. The summed E-state index contributed by atoms with van der Waals surface area (Å²) in [5.74, 6) is 1.76. The molecule has 13 rings (SSSR count). The Labute approximate surface area is 349 Å². The summed E-state index contributed by atoms with van der Waals surface area (Å²) in [6, 6.07) is 70.2. The van der Waals surface area contributed by atoms with Crippen LogP contribution < -0.4 is 0 Å². The van der Waals surface area contributed by atoms with E-state index in [1.807, 2.05) is 60.7 Å².